The molecule has 4 aromatic rings. The normalized spacial score (nSPS) is 10.9. The summed E-state index contributed by atoms with van der Waals surface area (Å²) in [7, 11) is 0. The number of aromatic nitrogens is 4. The topological polar surface area (TPSA) is 87.1 Å². The third-order valence-electron chi connectivity index (χ3n) is 3.53. The van der Waals surface area contributed by atoms with Crippen LogP contribution in [-0.2, 0) is 12.4 Å². The summed E-state index contributed by atoms with van der Waals surface area (Å²) >= 11 is 7.39. The van der Waals surface area contributed by atoms with E-state index in [0.29, 0.717) is 44.9 Å². The van der Waals surface area contributed by atoms with Crippen LogP contribution in [0.15, 0.2) is 62.7 Å². The molecule has 0 unspecified atom stereocenters. The highest BCUT2D eigenvalue weighted by atomic mass is 35.5. The molecular formula is C18H12ClFN4O3S. The average Bonchev–Trinajstić information content (AvgIpc) is 3.36. The minimum Gasteiger partial charge on any atom is -0.484 e. The maximum absolute atomic E-state index is 12.9. The summed E-state index contributed by atoms with van der Waals surface area (Å²) in [5.74, 6) is 1.66. The van der Waals surface area contributed by atoms with Gasteiger partial charge in [-0.2, -0.15) is 4.98 Å². The Morgan fingerprint density at radius 2 is 1.86 bits per heavy atom. The molecule has 4 rings (SSSR count). The molecule has 0 spiro atoms. The van der Waals surface area contributed by atoms with Crippen molar-refractivity contribution in [3.05, 3.63) is 71.2 Å². The molecule has 142 valence electrons. The highest BCUT2D eigenvalue weighted by Crippen LogP contribution is 2.27. The lowest BCUT2D eigenvalue weighted by Gasteiger charge is -2.01. The monoisotopic (exact) mass is 418 g/mol. The zero-order chi connectivity index (χ0) is 19.3. The molecule has 0 saturated heterocycles. The van der Waals surface area contributed by atoms with Gasteiger partial charge in [0.2, 0.25) is 11.7 Å². The summed E-state index contributed by atoms with van der Waals surface area (Å²) in [6, 6.07) is 12.9. The number of ether oxygens (including phenoxy) is 1. The molecule has 2 aromatic heterocycles. The van der Waals surface area contributed by atoms with E-state index < -0.39 is 0 Å². The van der Waals surface area contributed by atoms with E-state index in [1.165, 1.54) is 36.0 Å². The Bertz CT molecular complexity index is 1070. The Morgan fingerprint density at radius 3 is 2.68 bits per heavy atom. The maximum Gasteiger partial charge on any atom is 0.277 e. The van der Waals surface area contributed by atoms with Gasteiger partial charge in [-0.25, -0.2) is 4.39 Å². The van der Waals surface area contributed by atoms with E-state index in [0.717, 1.165) is 0 Å². The van der Waals surface area contributed by atoms with Crippen LogP contribution < -0.4 is 4.74 Å². The molecule has 0 aliphatic carbocycles. The fourth-order valence-electron chi connectivity index (χ4n) is 2.22. The predicted molar refractivity (Wildman–Crippen MR) is 99.3 cm³/mol. The van der Waals surface area contributed by atoms with Crippen molar-refractivity contribution in [2.75, 3.05) is 0 Å². The van der Waals surface area contributed by atoms with Gasteiger partial charge in [0.15, 0.2) is 6.61 Å². The molecule has 2 heterocycles. The van der Waals surface area contributed by atoms with Crippen LogP contribution in [0.5, 0.6) is 5.75 Å². The summed E-state index contributed by atoms with van der Waals surface area (Å²) in [5.41, 5.74) is 0.696. The SMILES string of the molecule is Fc1ccc(OCc2nnc(SCc3nc(-c4ccccc4Cl)no3)o2)cc1. The van der Waals surface area contributed by atoms with Crippen LogP contribution in [0.2, 0.25) is 5.02 Å². The molecule has 0 atom stereocenters. The van der Waals surface area contributed by atoms with Crippen LogP contribution in [0.1, 0.15) is 11.8 Å². The Hall–Kier alpha value is -2.91. The fourth-order valence-corrected chi connectivity index (χ4v) is 3.06. The molecular weight excluding hydrogens is 407 g/mol. The van der Waals surface area contributed by atoms with Crippen molar-refractivity contribution in [3.63, 3.8) is 0 Å². The molecule has 10 heteroatoms. The highest BCUT2D eigenvalue weighted by molar-refractivity contribution is 7.98. The lowest BCUT2D eigenvalue weighted by atomic mass is 10.2. The van der Waals surface area contributed by atoms with Gasteiger partial charge in [-0.05, 0) is 36.4 Å². The Morgan fingerprint density at radius 1 is 1.04 bits per heavy atom. The van der Waals surface area contributed by atoms with E-state index in [-0.39, 0.29) is 12.4 Å². The smallest absolute Gasteiger partial charge is 0.277 e. The molecule has 2 aromatic carbocycles. The Balaban J connectivity index is 1.32. The molecule has 0 fully saturated rings. The molecule has 7 nitrogen and oxygen atoms in total. The van der Waals surface area contributed by atoms with Crippen molar-refractivity contribution in [2.24, 2.45) is 0 Å². The molecule has 0 bridgehead atoms. The van der Waals surface area contributed by atoms with Crippen molar-refractivity contribution in [2.45, 2.75) is 17.6 Å². The molecule has 0 aliphatic heterocycles. The molecule has 0 aliphatic rings. The van der Waals surface area contributed by atoms with Crippen molar-refractivity contribution in [3.8, 4) is 17.1 Å². The van der Waals surface area contributed by atoms with E-state index in [1.54, 1.807) is 6.07 Å². The van der Waals surface area contributed by atoms with Gasteiger partial charge in [-0.15, -0.1) is 10.2 Å². The minimum atomic E-state index is -0.331. The number of benzene rings is 2. The molecule has 28 heavy (non-hydrogen) atoms. The number of hydrogen-bond acceptors (Lipinski definition) is 8. The second-order valence-electron chi connectivity index (χ2n) is 5.48. The lowest BCUT2D eigenvalue weighted by molar-refractivity contribution is 0.252. The van der Waals surface area contributed by atoms with Crippen LogP contribution in [0.3, 0.4) is 0 Å². The first kappa shape index (κ1) is 18.5. The number of hydrogen-bond donors (Lipinski definition) is 0. The van der Waals surface area contributed by atoms with E-state index in [4.69, 9.17) is 25.3 Å². The van der Waals surface area contributed by atoms with E-state index in [2.05, 4.69) is 20.3 Å². The summed E-state index contributed by atoms with van der Waals surface area (Å²) in [5, 5.41) is 12.7. The van der Waals surface area contributed by atoms with Crippen molar-refractivity contribution in [1.29, 1.82) is 0 Å². The number of rotatable bonds is 7. The minimum absolute atomic E-state index is 0.0798. The fraction of sp³-hybridized carbons (Fsp3) is 0.111. The lowest BCUT2D eigenvalue weighted by Crippen LogP contribution is -1.95. The summed E-state index contributed by atoms with van der Waals surface area (Å²) in [6.45, 7) is 0.0798. The molecule has 0 saturated carbocycles. The van der Waals surface area contributed by atoms with Crippen LogP contribution >= 0.6 is 23.4 Å². The van der Waals surface area contributed by atoms with Crippen LogP contribution in [-0.4, -0.2) is 20.3 Å². The van der Waals surface area contributed by atoms with Gasteiger partial charge < -0.3 is 13.7 Å². The van der Waals surface area contributed by atoms with Crippen LogP contribution in [0.25, 0.3) is 11.4 Å². The Kier molecular flexibility index (Phi) is 5.54. The summed E-state index contributed by atoms with van der Waals surface area (Å²) in [4.78, 5) is 4.32. The van der Waals surface area contributed by atoms with Gasteiger partial charge >= 0.3 is 0 Å². The predicted octanol–water partition coefficient (Wildman–Crippen LogP) is 4.78. The van der Waals surface area contributed by atoms with Gasteiger partial charge in [-0.3, -0.25) is 0 Å². The summed E-state index contributed by atoms with van der Waals surface area (Å²) < 4.78 is 29.1. The van der Waals surface area contributed by atoms with Crippen molar-refractivity contribution >= 4 is 23.4 Å². The van der Waals surface area contributed by atoms with Gasteiger partial charge in [-0.1, -0.05) is 40.7 Å². The zero-order valence-electron chi connectivity index (χ0n) is 14.2. The third-order valence-corrected chi connectivity index (χ3v) is 4.66. The molecule has 0 N–H and O–H groups in total. The zero-order valence-corrected chi connectivity index (χ0v) is 15.8. The summed E-state index contributed by atoms with van der Waals surface area (Å²) in [6.07, 6.45) is 0. The molecule has 0 radical (unpaired) electrons. The van der Waals surface area contributed by atoms with Crippen molar-refractivity contribution < 1.29 is 18.1 Å². The first-order valence-electron chi connectivity index (χ1n) is 8.08. The number of halogens is 2. The van der Waals surface area contributed by atoms with Gasteiger partial charge in [0.1, 0.15) is 11.6 Å². The van der Waals surface area contributed by atoms with E-state index in [1.807, 2.05) is 18.2 Å². The number of nitrogens with zero attached hydrogens (tertiary/aromatic N) is 4. The van der Waals surface area contributed by atoms with Crippen molar-refractivity contribution in [1.82, 2.24) is 20.3 Å². The second-order valence-corrected chi connectivity index (χ2v) is 6.82. The van der Waals surface area contributed by atoms with E-state index in [9.17, 15) is 4.39 Å². The first-order valence-corrected chi connectivity index (χ1v) is 9.45. The van der Waals surface area contributed by atoms with Gasteiger partial charge in [0, 0.05) is 5.56 Å². The van der Waals surface area contributed by atoms with Crippen LogP contribution in [0.4, 0.5) is 4.39 Å². The standard InChI is InChI=1S/C18H12ClFN4O3S/c19-14-4-2-1-3-13(14)17-21-16(27-24-17)10-28-18-23-22-15(26-18)9-25-12-7-5-11(20)6-8-12/h1-8H,9-10H2. The largest absolute Gasteiger partial charge is 0.484 e. The average molecular weight is 419 g/mol. The van der Waals surface area contributed by atoms with Gasteiger partial charge in [0.25, 0.3) is 11.1 Å². The van der Waals surface area contributed by atoms with Crippen LogP contribution in [0, 0.1) is 5.82 Å². The maximum atomic E-state index is 12.9. The molecule has 0 amide bonds. The highest BCUT2D eigenvalue weighted by Gasteiger charge is 2.14. The Labute approximate surface area is 167 Å². The third kappa shape index (κ3) is 4.49. The van der Waals surface area contributed by atoms with Gasteiger partial charge in [0.05, 0.1) is 10.8 Å². The first-order chi connectivity index (χ1) is 13.7. The number of thioether (sulfide) groups is 1. The quantitative estimate of drug-likeness (QED) is 0.396. The second kappa shape index (κ2) is 8.41. The van der Waals surface area contributed by atoms with E-state index >= 15 is 0 Å².